The Morgan fingerprint density at radius 2 is 1.33 bits per heavy atom. The van der Waals surface area contributed by atoms with Gasteiger partial charge in [0.1, 0.15) is 11.3 Å². The van der Waals surface area contributed by atoms with Crippen LogP contribution in [0.15, 0.2) is 133 Å². The summed E-state index contributed by atoms with van der Waals surface area (Å²) in [5.41, 5.74) is 10.9. The summed E-state index contributed by atoms with van der Waals surface area (Å²) in [4.78, 5) is 13.8. The van der Waals surface area contributed by atoms with Crippen LogP contribution in [0.1, 0.15) is 5.82 Å². The number of nitrogens with one attached hydrogen (secondary N) is 1. The third-order valence-electron chi connectivity index (χ3n) is 8.43. The molecule has 0 aliphatic heterocycles. The summed E-state index contributed by atoms with van der Waals surface area (Å²) < 4.78 is 2.35. The molecule has 0 unspecified atom stereocenters. The Morgan fingerprint density at radius 1 is 0.595 bits per heavy atom. The normalized spacial score (nSPS) is 13.1. The number of aromatic nitrogens is 4. The summed E-state index contributed by atoms with van der Waals surface area (Å²) in [6.45, 7) is 0. The first-order chi connectivity index (χ1) is 20.8. The van der Waals surface area contributed by atoms with E-state index in [1.807, 2.05) is 6.07 Å². The van der Waals surface area contributed by atoms with Gasteiger partial charge in [0.05, 0.1) is 27.8 Å². The number of allylic oxidation sites excluding steroid dienone is 2. The third kappa shape index (κ3) is 3.69. The molecule has 3 heterocycles. The monoisotopic (exact) mass is 538 g/mol. The molecular weight excluding hydrogens is 512 g/mol. The number of H-pyrrole nitrogens is 1. The Bertz CT molecular complexity index is 2330. The summed E-state index contributed by atoms with van der Waals surface area (Å²) in [5.74, 6) is 1.52. The molecule has 4 nitrogen and oxygen atoms in total. The smallest absolute Gasteiger partial charge is 0.108 e. The van der Waals surface area contributed by atoms with Crippen LogP contribution < -0.4 is 0 Å². The topological polar surface area (TPSA) is 46.5 Å². The molecule has 0 fully saturated rings. The highest BCUT2D eigenvalue weighted by atomic mass is 15.0. The van der Waals surface area contributed by atoms with E-state index in [9.17, 15) is 0 Å². The van der Waals surface area contributed by atoms with Gasteiger partial charge < -0.3 is 9.55 Å². The van der Waals surface area contributed by atoms with Crippen LogP contribution in [0.2, 0.25) is 0 Å². The van der Waals surface area contributed by atoms with Crippen molar-refractivity contribution in [1.29, 1.82) is 0 Å². The van der Waals surface area contributed by atoms with E-state index >= 15 is 0 Å². The molecule has 4 heteroatoms. The molecule has 9 rings (SSSR count). The molecule has 3 aromatic heterocycles. The number of pyridine rings is 1. The zero-order chi connectivity index (χ0) is 27.6. The number of benzene rings is 5. The zero-order valence-corrected chi connectivity index (χ0v) is 22.8. The lowest BCUT2D eigenvalue weighted by molar-refractivity contribution is 0.843. The van der Waals surface area contributed by atoms with Crippen LogP contribution in [0.3, 0.4) is 0 Å². The molecule has 0 saturated carbocycles. The van der Waals surface area contributed by atoms with Gasteiger partial charge in [-0.3, -0.25) is 0 Å². The van der Waals surface area contributed by atoms with Crippen molar-refractivity contribution in [2.24, 2.45) is 5.92 Å². The Kier molecular flexibility index (Phi) is 4.99. The van der Waals surface area contributed by atoms with Crippen LogP contribution in [0.4, 0.5) is 0 Å². The van der Waals surface area contributed by atoms with E-state index in [1.54, 1.807) is 0 Å². The molecule has 8 aromatic rings. The fourth-order valence-electron chi connectivity index (χ4n) is 6.33. The average molecular weight is 539 g/mol. The summed E-state index contributed by atoms with van der Waals surface area (Å²) in [7, 11) is 0. The SMILES string of the molecule is C1=CC1Cc1nc2c([nH]1)c(-c1cccc(-c3ccc4c(c3)c3ccccc3n4-c3ccccc3)c1)nc1ccccc12. The number of imidazole rings is 1. The Balaban J connectivity index is 1.21. The van der Waals surface area contributed by atoms with Crippen LogP contribution >= 0.6 is 0 Å². The molecule has 0 bridgehead atoms. The van der Waals surface area contributed by atoms with Gasteiger partial charge in [0, 0.05) is 39.7 Å². The van der Waals surface area contributed by atoms with Gasteiger partial charge in [-0.1, -0.05) is 91.0 Å². The van der Waals surface area contributed by atoms with E-state index in [0.717, 1.165) is 51.0 Å². The van der Waals surface area contributed by atoms with Gasteiger partial charge in [0.2, 0.25) is 0 Å². The molecule has 198 valence electrons. The molecular formula is C38H26N4. The van der Waals surface area contributed by atoms with Crippen LogP contribution in [-0.4, -0.2) is 19.5 Å². The second kappa shape index (κ2) is 9.02. The van der Waals surface area contributed by atoms with Crippen LogP contribution in [0, 0.1) is 5.92 Å². The molecule has 0 spiro atoms. The van der Waals surface area contributed by atoms with Crippen molar-refractivity contribution in [1.82, 2.24) is 19.5 Å². The van der Waals surface area contributed by atoms with Gasteiger partial charge in [-0.2, -0.15) is 0 Å². The molecule has 0 saturated heterocycles. The number of hydrogen-bond acceptors (Lipinski definition) is 2. The lowest BCUT2D eigenvalue weighted by Gasteiger charge is -2.10. The van der Waals surface area contributed by atoms with E-state index in [1.165, 1.54) is 33.1 Å². The Labute approximate surface area is 242 Å². The first kappa shape index (κ1) is 23.2. The van der Waals surface area contributed by atoms with E-state index < -0.39 is 0 Å². The summed E-state index contributed by atoms with van der Waals surface area (Å²) in [6.07, 6.45) is 5.35. The molecule has 1 aliphatic rings. The molecule has 0 amide bonds. The maximum Gasteiger partial charge on any atom is 0.108 e. The second-order valence-electron chi connectivity index (χ2n) is 11.1. The highest BCUT2D eigenvalue weighted by Crippen LogP contribution is 2.37. The van der Waals surface area contributed by atoms with Crippen molar-refractivity contribution in [3.05, 3.63) is 139 Å². The van der Waals surface area contributed by atoms with Crippen molar-refractivity contribution >= 4 is 43.7 Å². The van der Waals surface area contributed by atoms with E-state index in [-0.39, 0.29) is 0 Å². The number of hydrogen-bond donors (Lipinski definition) is 1. The first-order valence-corrected chi connectivity index (χ1v) is 14.5. The summed E-state index contributed by atoms with van der Waals surface area (Å²) in [5, 5.41) is 3.58. The largest absolute Gasteiger partial charge is 0.340 e. The third-order valence-corrected chi connectivity index (χ3v) is 8.43. The van der Waals surface area contributed by atoms with E-state index in [4.69, 9.17) is 9.97 Å². The minimum Gasteiger partial charge on any atom is -0.340 e. The van der Waals surface area contributed by atoms with Gasteiger partial charge in [-0.15, -0.1) is 0 Å². The average Bonchev–Trinajstić information content (AvgIpc) is 3.66. The van der Waals surface area contributed by atoms with Gasteiger partial charge in [0.25, 0.3) is 0 Å². The second-order valence-corrected chi connectivity index (χ2v) is 11.1. The number of fused-ring (bicyclic) bond motifs is 6. The highest BCUT2D eigenvalue weighted by Gasteiger charge is 2.19. The highest BCUT2D eigenvalue weighted by molar-refractivity contribution is 6.11. The van der Waals surface area contributed by atoms with Crippen molar-refractivity contribution in [3.8, 4) is 28.1 Å². The number of para-hydroxylation sites is 3. The summed E-state index contributed by atoms with van der Waals surface area (Å²) >= 11 is 0. The Morgan fingerprint density at radius 3 is 2.21 bits per heavy atom. The van der Waals surface area contributed by atoms with Crippen molar-refractivity contribution in [2.45, 2.75) is 6.42 Å². The molecule has 0 radical (unpaired) electrons. The fourth-order valence-corrected chi connectivity index (χ4v) is 6.33. The standard InChI is InChI=1S/C38H26N4/c1-2-11-28(12-3-1)42-33-16-7-5-13-29(33)31-23-26(19-20-34(31)42)25-9-8-10-27(22-25)36-38-37(30-14-4-6-15-32(30)39-36)40-35(41-38)21-24-17-18-24/h1-20,22-24H,21H2,(H,40,41). The van der Waals surface area contributed by atoms with E-state index in [0.29, 0.717) is 5.92 Å². The summed E-state index contributed by atoms with van der Waals surface area (Å²) in [6, 6.07) is 43.1. The maximum atomic E-state index is 5.15. The van der Waals surface area contributed by atoms with Gasteiger partial charge in [-0.05, 0) is 53.6 Å². The van der Waals surface area contributed by atoms with Gasteiger partial charge in [0.15, 0.2) is 0 Å². The number of nitrogens with zero attached hydrogens (tertiary/aromatic N) is 3. The zero-order valence-electron chi connectivity index (χ0n) is 22.8. The first-order valence-electron chi connectivity index (χ1n) is 14.5. The fraction of sp³-hybridized carbons (Fsp3) is 0.0526. The lowest BCUT2D eigenvalue weighted by atomic mass is 9.99. The van der Waals surface area contributed by atoms with Crippen LogP contribution in [-0.2, 0) is 6.42 Å². The predicted octanol–water partition coefficient (Wildman–Crippen LogP) is 9.27. The van der Waals surface area contributed by atoms with Crippen LogP contribution in [0.25, 0.3) is 71.8 Å². The van der Waals surface area contributed by atoms with Gasteiger partial charge in [-0.25, -0.2) is 9.97 Å². The maximum absolute atomic E-state index is 5.15. The molecule has 42 heavy (non-hydrogen) atoms. The minimum atomic E-state index is 0.513. The lowest BCUT2D eigenvalue weighted by Crippen LogP contribution is -1.93. The van der Waals surface area contributed by atoms with Crippen molar-refractivity contribution in [2.75, 3.05) is 0 Å². The van der Waals surface area contributed by atoms with E-state index in [2.05, 4.69) is 137 Å². The quantitative estimate of drug-likeness (QED) is 0.222. The molecule has 1 aliphatic carbocycles. The number of aromatic amines is 1. The molecule has 1 N–H and O–H groups in total. The Hall–Kier alpha value is -5.48. The molecule has 0 atom stereocenters. The molecule has 5 aromatic carbocycles. The van der Waals surface area contributed by atoms with Crippen molar-refractivity contribution in [3.63, 3.8) is 0 Å². The minimum absolute atomic E-state index is 0.513. The van der Waals surface area contributed by atoms with Crippen molar-refractivity contribution < 1.29 is 0 Å². The number of rotatable bonds is 5. The van der Waals surface area contributed by atoms with Gasteiger partial charge >= 0.3 is 0 Å². The van der Waals surface area contributed by atoms with Crippen LogP contribution in [0.5, 0.6) is 0 Å². The predicted molar refractivity (Wildman–Crippen MR) is 173 cm³/mol.